The molecule has 2 aromatic rings. The number of anilines is 1. The van der Waals surface area contributed by atoms with Crippen LogP contribution in [0.2, 0.25) is 0 Å². The Balaban J connectivity index is 1.87. The first-order valence-electron chi connectivity index (χ1n) is 7.00. The molecule has 0 saturated heterocycles. The lowest BCUT2D eigenvalue weighted by atomic mass is 10.1. The highest BCUT2D eigenvalue weighted by Gasteiger charge is 2.09. The van der Waals surface area contributed by atoms with Crippen LogP contribution in [0, 0.1) is 0 Å². The summed E-state index contributed by atoms with van der Waals surface area (Å²) in [7, 11) is 3.27. The molecule has 0 spiro atoms. The Hall–Kier alpha value is -1.86. The predicted molar refractivity (Wildman–Crippen MR) is 99.4 cm³/mol. The van der Waals surface area contributed by atoms with Gasteiger partial charge in [0.1, 0.15) is 5.82 Å². The number of nitrogens with zero attached hydrogens (tertiary/aromatic N) is 1. The summed E-state index contributed by atoms with van der Waals surface area (Å²) in [6.45, 7) is 0.673. The zero-order valence-electron chi connectivity index (χ0n) is 12.9. The first kappa shape index (κ1) is 17.5. The number of nitrogens with one attached hydrogen (secondary N) is 2. The van der Waals surface area contributed by atoms with Gasteiger partial charge in [0.15, 0.2) is 16.6 Å². The molecule has 5 nitrogen and oxygen atoms in total. The minimum Gasteiger partial charge on any atom is -0.493 e. The molecule has 2 N–H and O–H groups in total. The molecule has 2 rings (SSSR count). The number of halogens is 1. The van der Waals surface area contributed by atoms with Gasteiger partial charge in [0, 0.05) is 17.2 Å². The van der Waals surface area contributed by atoms with Gasteiger partial charge in [-0.15, -0.1) is 0 Å². The Kier molecular flexibility index (Phi) is 6.61. The normalized spacial score (nSPS) is 10.0. The van der Waals surface area contributed by atoms with Crippen LogP contribution in [0.4, 0.5) is 5.82 Å². The van der Waals surface area contributed by atoms with E-state index in [0.717, 1.165) is 28.0 Å². The first-order chi connectivity index (χ1) is 11.1. The van der Waals surface area contributed by atoms with E-state index in [9.17, 15) is 0 Å². The SMILES string of the molecule is COc1cccc(CCNC(=S)Nc2ccc(Br)cn2)c1OC. The molecule has 1 aromatic heterocycles. The highest BCUT2D eigenvalue weighted by molar-refractivity contribution is 9.10. The maximum Gasteiger partial charge on any atom is 0.171 e. The molecular weight excluding hydrogens is 378 g/mol. The summed E-state index contributed by atoms with van der Waals surface area (Å²) in [5, 5.41) is 6.72. The Labute approximate surface area is 149 Å². The molecule has 7 heteroatoms. The second-order valence-corrected chi connectivity index (χ2v) is 5.97. The summed E-state index contributed by atoms with van der Waals surface area (Å²) in [4.78, 5) is 4.21. The van der Waals surface area contributed by atoms with Crippen molar-refractivity contribution < 1.29 is 9.47 Å². The molecule has 0 aliphatic carbocycles. The smallest absolute Gasteiger partial charge is 0.171 e. The number of hydrogen-bond acceptors (Lipinski definition) is 4. The van der Waals surface area contributed by atoms with Crippen molar-refractivity contribution in [2.45, 2.75) is 6.42 Å². The van der Waals surface area contributed by atoms with Gasteiger partial charge in [-0.2, -0.15) is 0 Å². The van der Waals surface area contributed by atoms with E-state index in [2.05, 4.69) is 31.5 Å². The van der Waals surface area contributed by atoms with Crippen LogP contribution in [0.25, 0.3) is 0 Å². The lowest BCUT2D eigenvalue weighted by Crippen LogP contribution is -2.30. The molecule has 0 unspecified atom stereocenters. The summed E-state index contributed by atoms with van der Waals surface area (Å²) in [5.41, 5.74) is 1.06. The summed E-state index contributed by atoms with van der Waals surface area (Å²) in [6.07, 6.45) is 2.47. The van der Waals surface area contributed by atoms with Crippen molar-refractivity contribution in [2.75, 3.05) is 26.1 Å². The zero-order chi connectivity index (χ0) is 16.7. The van der Waals surface area contributed by atoms with Crippen LogP contribution >= 0.6 is 28.1 Å². The number of thiocarbonyl (C=S) groups is 1. The van der Waals surface area contributed by atoms with E-state index in [4.69, 9.17) is 21.7 Å². The lowest BCUT2D eigenvalue weighted by molar-refractivity contribution is 0.351. The number of aromatic nitrogens is 1. The average Bonchev–Trinajstić information content (AvgIpc) is 2.56. The number of pyridine rings is 1. The molecule has 0 fully saturated rings. The fourth-order valence-corrected chi connectivity index (χ4v) is 2.51. The summed E-state index contributed by atoms with van der Waals surface area (Å²) in [6, 6.07) is 9.58. The minimum absolute atomic E-state index is 0.529. The van der Waals surface area contributed by atoms with Crippen molar-refractivity contribution in [1.82, 2.24) is 10.3 Å². The van der Waals surface area contributed by atoms with Gasteiger partial charge in [0.2, 0.25) is 0 Å². The Morgan fingerprint density at radius 1 is 1.22 bits per heavy atom. The predicted octanol–water partition coefficient (Wildman–Crippen LogP) is 3.39. The molecule has 0 radical (unpaired) electrons. The third-order valence-electron chi connectivity index (χ3n) is 3.13. The number of ether oxygens (including phenoxy) is 2. The van der Waals surface area contributed by atoms with Crippen LogP contribution in [0.1, 0.15) is 5.56 Å². The Morgan fingerprint density at radius 3 is 2.70 bits per heavy atom. The van der Waals surface area contributed by atoms with Gasteiger partial charge in [0.05, 0.1) is 14.2 Å². The Bertz CT molecular complexity index is 665. The van der Waals surface area contributed by atoms with Gasteiger partial charge in [-0.3, -0.25) is 0 Å². The van der Waals surface area contributed by atoms with E-state index in [-0.39, 0.29) is 0 Å². The largest absolute Gasteiger partial charge is 0.493 e. The number of methoxy groups -OCH3 is 2. The van der Waals surface area contributed by atoms with Crippen molar-refractivity contribution in [3.63, 3.8) is 0 Å². The highest BCUT2D eigenvalue weighted by atomic mass is 79.9. The van der Waals surface area contributed by atoms with E-state index in [1.807, 2.05) is 30.3 Å². The second-order valence-electron chi connectivity index (χ2n) is 4.65. The average molecular weight is 396 g/mol. The van der Waals surface area contributed by atoms with Crippen molar-refractivity contribution in [3.8, 4) is 11.5 Å². The monoisotopic (exact) mass is 395 g/mol. The van der Waals surface area contributed by atoms with E-state index in [0.29, 0.717) is 17.5 Å². The van der Waals surface area contributed by atoms with Crippen LogP contribution in [0.15, 0.2) is 41.0 Å². The fraction of sp³-hybridized carbons (Fsp3) is 0.250. The number of rotatable bonds is 6. The quantitative estimate of drug-likeness (QED) is 0.731. The molecule has 122 valence electrons. The standard InChI is InChI=1S/C16H18BrN3O2S/c1-21-13-5-3-4-11(15(13)22-2)8-9-18-16(23)20-14-7-6-12(17)10-19-14/h3-7,10H,8-9H2,1-2H3,(H2,18,19,20,23). The maximum atomic E-state index is 5.42. The van der Waals surface area contributed by atoms with Gasteiger partial charge in [-0.1, -0.05) is 12.1 Å². The molecule has 1 heterocycles. The molecule has 0 atom stereocenters. The molecule has 0 saturated carbocycles. The van der Waals surface area contributed by atoms with Crippen LogP contribution in [0.3, 0.4) is 0 Å². The molecule has 1 aromatic carbocycles. The second kappa shape index (κ2) is 8.69. The first-order valence-corrected chi connectivity index (χ1v) is 8.20. The van der Waals surface area contributed by atoms with Gasteiger partial charge < -0.3 is 20.1 Å². The number of benzene rings is 1. The highest BCUT2D eigenvalue weighted by Crippen LogP contribution is 2.30. The van der Waals surface area contributed by atoms with Gasteiger partial charge in [-0.25, -0.2) is 4.98 Å². The van der Waals surface area contributed by atoms with Gasteiger partial charge >= 0.3 is 0 Å². The van der Waals surface area contributed by atoms with Gasteiger partial charge in [0.25, 0.3) is 0 Å². The lowest BCUT2D eigenvalue weighted by Gasteiger charge is -2.14. The van der Waals surface area contributed by atoms with Crippen LogP contribution in [0.5, 0.6) is 11.5 Å². The summed E-state index contributed by atoms with van der Waals surface area (Å²) in [5.74, 6) is 2.18. The molecule has 23 heavy (non-hydrogen) atoms. The van der Waals surface area contributed by atoms with Crippen LogP contribution in [-0.4, -0.2) is 30.9 Å². The summed E-state index contributed by atoms with van der Waals surface area (Å²) < 4.78 is 11.6. The Morgan fingerprint density at radius 2 is 2.04 bits per heavy atom. The molecule has 0 bridgehead atoms. The fourth-order valence-electron chi connectivity index (χ4n) is 2.07. The maximum absolute atomic E-state index is 5.42. The van der Waals surface area contributed by atoms with Crippen LogP contribution in [-0.2, 0) is 6.42 Å². The third kappa shape index (κ3) is 5.07. The van der Waals surface area contributed by atoms with E-state index >= 15 is 0 Å². The van der Waals surface area contributed by atoms with E-state index in [1.165, 1.54) is 0 Å². The molecular formula is C16H18BrN3O2S. The topological polar surface area (TPSA) is 55.4 Å². The zero-order valence-corrected chi connectivity index (χ0v) is 15.3. The number of para-hydroxylation sites is 1. The summed E-state index contributed by atoms with van der Waals surface area (Å²) >= 11 is 8.61. The minimum atomic E-state index is 0.529. The van der Waals surface area contributed by atoms with Crippen molar-refractivity contribution in [1.29, 1.82) is 0 Å². The molecule has 0 amide bonds. The van der Waals surface area contributed by atoms with Crippen LogP contribution < -0.4 is 20.1 Å². The molecule has 0 aliphatic rings. The van der Waals surface area contributed by atoms with Gasteiger partial charge in [-0.05, 0) is 58.3 Å². The number of hydrogen-bond donors (Lipinski definition) is 2. The third-order valence-corrected chi connectivity index (χ3v) is 3.85. The van der Waals surface area contributed by atoms with Crippen molar-refractivity contribution in [3.05, 3.63) is 46.6 Å². The van der Waals surface area contributed by atoms with Crippen molar-refractivity contribution in [2.24, 2.45) is 0 Å². The van der Waals surface area contributed by atoms with Crippen molar-refractivity contribution >= 4 is 39.1 Å². The van der Waals surface area contributed by atoms with E-state index in [1.54, 1.807) is 20.4 Å². The van der Waals surface area contributed by atoms with E-state index < -0.39 is 0 Å². The molecule has 0 aliphatic heterocycles.